The zero-order valence-corrected chi connectivity index (χ0v) is 26.9. The number of carboxylic acid groups (broad SMARTS) is 1. The molecule has 5 aliphatic carbocycles. The molecule has 1 amide bonds. The van der Waals surface area contributed by atoms with Crippen molar-refractivity contribution in [2.45, 2.75) is 69.9 Å². The fourth-order valence-electron chi connectivity index (χ4n) is 8.64. The minimum atomic E-state index is -1.24. The molecular weight excluding hydrogens is 586 g/mol. The van der Waals surface area contributed by atoms with Gasteiger partial charge in [-0.1, -0.05) is 41.9 Å². The predicted octanol–water partition coefficient (Wildman–Crippen LogP) is 7.25. The number of hydrogen-bond donors (Lipinski definition) is 2. The lowest BCUT2D eigenvalue weighted by atomic mass is 9.48. The molecule has 236 valence electrons. The first kappa shape index (κ1) is 30.2. The summed E-state index contributed by atoms with van der Waals surface area (Å²) < 4.78 is 6.16. The van der Waals surface area contributed by atoms with E-state index < -0.39 is 17.4 Å². The van der Waals surface area contributed by atoms with E-state index in [4.69, 9.17) is 21.3 Å². The number of aliphatic carboxylic acids is 1. The molecule has 5 saturated carbocycles. The van der Waals surface area contributed by atoms with Crippen molar-refractivity contribution in [3.05, 3.63) is 70.9 Å². The summed E-state index contributed by atoms with van der Waals surface area (Å²) in [6.45, 7) is 3.57. The Morgan fingerprint density at radius 2 is 1.71 bits per heavy atom. The normalized spacial score (nSPS) is 26.7. The molecule has 2 N–H and O–H groups in total. The van der Waals surface area contributed by atoms with Crippen molar-refractivity contribution < 1.29 is 19.4 Å². The van der Waals surface area contributed by atoms with Crippen LogP contribution in [0.4, 0.5) is 0 Å². The fourth-order valence-corrected chi connectivity index (χ4v) is 8.81. The molecule has 4 bridgehead atoms. The highest BCUT2D eigenvalue weighted by molar-refractivity contribution is 6.32. The number of ether oxygens (including phenoxy) is 1. The van der Waals surface area contributed by atoms with Crippen LogP contribution in [-0.2, 0) is 4.79 Å². The number of aromatic nitrogens is 1. The minimum Gasteiger partial charge on any atom is -0.492 e. The molecule has 0 unspecified atom stereocenters. The van der Waals surface area contributed by atoms with Gasteiger partial charge in [-0.25, -0.2) is 9.78 Å². The van der Waals surface area contributed by atoms with Crippen LogP contribution in [0, 0.1) is 30.6 Å². The molecule has 0 saturated heterocycles. The number of carbonyl (C=O) groups is 2. The number of aryl methyl sites for hydroxylation is 1. The first-order valence-electron chi connectivity index (χ1n) is 16.5. The molecule has 8 rings (SSSR count). The van der Waals surface area contributed by atoms with E-state index in [0.717, 1.165) is 60.9 Å². The van der Waals surface area contributed by atoms with E-state index in [1.165, 1.54) is 19.3 Å². The summed E-state index contributed by atoms with van der Waals surface area (Å²) in [6, 6.07) is 18.1. The maximum absolute atomic E-state index is 14.0. The third-order valence-corrected chi connectivity index (χ3v) is 11.3. The number of carbonyl (C=O) groups excluding carboxylic acids is 1. The van der Waals surface area contributed by atoms with Gasteiger partial charge in [0, 0.05) is 23.7 Å². The Morgan fingerprint density at radius 1 is 1.00 bits per heavy atom. The Hall–Kier alpha value is -3.42. The van der Waals surface area contributed by atoms with E-state index >= 15 is 0 Å². The van der Waals surface area contributed by atoms with Crippen molar-refractivity contribution in [2.24, 2.45) is 23.7 Å². The Morgan fingerprint density at radius 3 is 2.38 bits per heavy atom. The average Bonchev–Trinajstić information content (AvgIpc) is 3.87. The molecule has 0 aliphatic heterocycles. The molecule has 0 spiro atoms. The summed E-state index contributed by atoms with van der Waals surface area (Å²) in [4.78, 5) is 34.2. The quantitative estimate of drug-likeness (QED) is 0.218. The molecule has 3 aromatic rings. The molecule has 0 atom stereocenters. The van der Waals surface area contributed by atoms with E-state index in [1.807, 2.05) is 42.5 Å². The minimum absolute atomic E-state index is 0.0408. The average molecular weight is 628 g/mol. The summed E-state index contributed by atoms with van der Waals surface area (Å²) in [5.74, 6) is 0.304. The van der Waals surface area contributed by atoms with Crippen molar-refractivity contribution in [3.63, 3.8) is 0 Å². The van der Waals surface area contributed by atoms with Crippen LogP contribution < -0.4 is 10.1 Å². The van der Waals surface area contributed by atoms with Gasteiger partial charge in [0.2, 0.25) is 0 Å². The fraction of sp³-hybridized carbons (Fsp3) is 0.486. The largest absolute Gasteiger partial charge is 0.492 e. The summed E-state index contributed by atoms with van der Waals surface area (Å²) >= 11 is 6.59. The van der Waals surface area contributed by atoms with Crippen molar-refractivity contribution in [1.29, 1.82) is 0 Å². The Kier molecular flexibility index (Phi) is 8.11. The number of rotatable bonds is 11. The maximum atomic E-state index is 14.0. The molecule has 2 aromatic carbocycles. The number of nitrogens with one attached hydrogen (secondary N) is 1. The highest BCUT2D eigenvalue weighted by Gasteiger charge is 2.62. The van der Waals surface area contributed by atoms with Crippen LogP contribution in [0.25, 0.3) is 22.4 Å². The number of carboxylic acids is 1. The molecule has 0 radical (unpaired) electrons. The zero-order chi connectivity index (χ0) is 31.3. The Balaban J connectivity index is 1.20. The van der Waals surface area contributed by atoms with Crippen LogP contribution in [0.3, 0.4) is 0 Å². The van der Waals surface area contributed by atoms with Crippen molar-refractivity contribution in [3.8, 4) is 28.1 Å². The summed E-state index contributed by atoms with van der Waals surface area (Å²) in [7, 11) is 2.16. The Bertz CT molecular complexity index is 1590. The molecule has 8 heteroatoms. The van der Waals surface area contributed by atoms with Crippen molar-refractivity contribution in [2.75, 3.05) is 20.2 Å². The standard InChI is InChI=1S/C37H42ClN3O4/c1-22-6-3-4-7-29(22)30-11-13-32(35(42)40-37(36(43)44)26-17-23-16-24(19-26)20-27(37)18-23)39-34(30)25-8-12-31(38)33(21-25)45-15-5-14-41(2)28-9-10-28/h3-4,6-8,11-13,21,23-24,26-28H,5,9-10,14-20H2,1-2H3,(H,40,42)(H,43,44). The highest BCUT2D eigenvalue weighted by Crippen LogP contribution is 2.58. The third kappa shape index (κ3) is 5.74. The topological polar surface area (TPSA) is 91.8 Å². The predicted molar refractivity (Wildman–Crippen MR) is 175 cm³/mol. The van der Waals surface area contributed by atoms with Gasteiger partial charge in [-0.2, -0.15) is 0 Å². The number of nitrogens with zero attached hydrogens (tertiary/aromatic N) is 2. The highest BCUT2D eigenvalue weighted by atomic mass is 35.5. The Labute approximate surface area is 270 Å². The number of amides is 1. The van der Waals surface area contributed by atoms with Crippen LogP contribution in [0.1, 0.15) is 67.4 Å². The smallest absolute Gasteiger partial charge is 0.330 e. The van der Waals surface area contributed by atoms with Crippen molar-refractivity contribution in [1.82, 2.24) is 15.2 Å². The second kappa shape index (κ2) is 12.1. The summed E-state index contributed by atoms with van der Waals surface area (Å²) in [5.41, 5.74) is 3.35. The zero-order valence-electron chi connectivity index (χ0n) is 26.1. The van der Waals surface area contributed by atoms with Crippen molar-refractivity contribution >= 4 is 23.5 Å². The van der Waals surface area contributed by atoms with Crippen LogP contribution in [0.15, 0.2) is 54.6 Å². The van der Waals surface area contributed by atoms with Crippen LogP contribution in [-0.4, -0.2) is 58.6 Å². The second-order valence-corrected chi connectivity index (χ2v) is 14.3. The monoisotopic (exact) mass is 627 g/mol. The molecule has 45 heavy (non-hydrogen) atoms. The van der Waals surface area contributed by atoms with Gasteiger partial charge in [0.1, 0.15) is 17.0 Å². The number of benzene rings is 2. The van der Waals surface area contributed by atoms with Gasteiger partial charge in [0.15, 0.2) is 0 Å². The van der Waals surface area contributed by atoms with Crippen LogP contribution >= 0.6 is 11.6 Å². The van der Waals surface area contributed by atoms with Gasteiger partial charge in [-0.3, -0.25) is 4.79 Å². The van der Waals surface area contributed by atoms with Gasteiger partial charge in [-0.05, 0) is 124 Å². The van der Waals surface area contributed by atoms with E-state index in [2.05, 4.69) is 30.3 Å². The van der Waals surface area contributed by atoms with Gasteiger partial charge >= 0.3 is 5.97 Å². The maximum Gasteiger partial charge on any atom is 0.330 e. The van der Waals surface area contributed by atoms with E-state index in [1.54, 1.807) is 6.07 Å². The number of halogens is 1. The molecule has 1 aromatic heterocycles. The number of hydrogen-bond acceptors (Lipinski definition) is 5. The lowest BCUT2D eigenvalue weighted by Crippen LogP contribution is -2.70. The first-order valence-corrected chi connectivity index (χ1v) is 16.9. The van der Waals surface area contributed by atoms with Crippen LogP contribution in [0.5, 0.6) is 5.75 Å². The van der Waals surface area contributed by atoms with Crippen LogP contribution in [0.2, 0.25) is 5.02 Å². The third-order valence-electron chi connectivity index (χ3n) is 11.0. The van der Waals surface area contributed by atoms with E-state index in [0.29, 0.717) is 41.0 Å². The van der Waals surface area contributed by atoms with Gasteiger partial charge < -0.3 is 20.1 Å². The second-order valence-electron chi connectivity index (χ2n) is 13.9. The molecule has 7 nitrogen and oxygen atoms in total. The lowest BCUT2D eigenvalue weighted by Gasteiger charge is -2.59. The van der Waals surface area contributed by atoms with Gasteiger partial charge in [0.25, 0.3) is 5.91 Å². The SMILES string of the molecule is Cc1ccccc1-c1ccc(C(=O)NC2(C(=O)O)C3CC4CC(C3)CC2C4)nc1-c1ccc(Cl)c(OCCCN(C)C2CC2)c1. The first-order chi connectivity index (χ1) is 21.7. The number of pyridine rings is 1. The van der Waals surface area contributed by atoms with E-state index in [-0.39, 0.29) is 17.5 Å². The lowest BCUT2D eigenvalue weighted by molar-refractivity contribution is -0.163. The molecule has 5 aliphatic rings. The van der Waals surface area contributed by atoms with E-state index in [9.17, 15) is 14.7 Å². The molecule has 1 heterocycles. The van der Waals surface area contributed by atoms with Gasteiger partial charge in [0.05, 0.1) is 17.3 Å². The summed E-state index contributed by atoms with van der Waals surface area (Å²) in [6.07, 6.45) is 8.13. The molecule has 5 fully saturated rings. The summed E-state index contributed by atoms with van der Waals surface area (Å²) in [5, 5.41) is 14.2. The van der Waals surface area contributed by atoms with Gasteiger partial charge in [-0.15, -0.1) is 0 Å². The molecular formula is C37H42ClN3O4.